The van der Waals surface area contributed by atoms with E-state index in [0.717, 1.165) is 11.3 Å². The topological polar surface area (TPSA) is 96.0 Å². The molecule has 1 N–H and O–H groups in total. The van der Waals surface area contributed by atoms with Crippen molar-refractivity contribution in [2.45, 2.75) is 36.1 Å². The predicted octanol–water partition coefficient (Wildman–Crippen LogP) is 1.06. The second-order valence-corrected chi connectivity index (χ2v) is 9.75. The number of anilines is 1. The van der Waals surface area contributed by atoms with E-state index in [4.69, 9.17) is 4.74 Å². The Morgan fingerprint density at radius 2 is 2.04 bits per heavy atom. The van der Waals surface area contributed by atoms with Crippen LogP contribution in [0, 0.1) is 0 Å². The molecule has 154 valence electrons. The molecule has 0 aliphatic carbocycles. The molecule has 3 rings (SSSR count). The summed E-state index contributed by atoms with van der Waals surface area (Å²) in [6, 6.07) is 4.78. The van der Waals surface area contributed by atoms with Crippen molar-refractivity contribution in [1.29, 1.82) is 0 Å². The lowest BCUT2D eigenvalue weighted by atomic mass is 10.2. The first-order valence-electron chi connectivity index (χ1n) is 9.27. The van der Waals surface area contributed by atoms with E-state index in [1.54, 1.807) is 12.1 Å². The summed E-state index contributed by atoms with van der Waals surface area (Å²) >= 11 is 1.35. The third-order valence-corrected chi connectivity index (χ3v) is 7.74. The highest BCUT2D eigenvalue weighted by Crippen LogP contribution is 2.37. The van der Waals surface area contributed by atoms with Gasteiger partial charge in [0.25, 0.3) is 0 Å². The number of hydrogen-bond donors (Lipinski definition) is 1. The summed E-state index contributed by atoms with van der Waals surface area (Å²) in [5.41, 5.74) is 0.467. The van der Waals surface area contributed by atoms with E-state index in [1.165, 1.54) is 27.0 Å². The van der Waals surface area contributed by atoms with Crippen LogP contribution in [0.25, 0.3) is 0 Å². The molecule has 1 aromatic carbocycles. The number of nitrogens with one attached hydrogen (secondary N) is 1. The molecular weight excluding hydrogens is 402 g/mol. The van der Waals surface area contributed by atoms with E-state index < -0.39 is 10.0 Å². The number of sulfonamides is 1. The lowest BCUT2D eigenvalue weighted by molar-refractivity contribution is -0.123. The fourth-order valence-electron chi connectivity index (χ4n) is 3.02. The van der Waals surface area contributed by atoms with Crippen LogP contribution in [0.5, 0.6) is 0 Å². The summed E-state index contributed by atoms with van der Waals surface area (Å²) in [5.74, 6) is -0.251. The van der Waals surface area contributed by atoms with Crippen molar-refractivity contribution in [3.8, 4) is 0 Å². The maximum absolute atomic E-state index is 12.9. The Hall–Kier alpha value is -1.62. The number of amides is 2. The molecule has 2 aliphatic heterocycles. The first kappa shape index (κ1) is 21.1. The molecule has 0 saturated carbocycles. The maximum atomic E-state index is 12.9. The lowest BCUT2D eigenvalue weighted by Crippen LogP contribution is -2.45. The van der Waals surface area contributed by atoms with Crippen molar-refractivity contribution >= 4 is 39.3 Å². The highest BCUT2D eigenvalue weighted by molar-refractivity contribution is 8.00. The van der Waals surface area contributed by atoms with Crippen LogP contribution in [-0.4, -0.2) is 69.2 Å². The van der Waals surface area contributed by atoms with Crippen LogP contribution in [0.1, 0.15) is 20.3 Å². The zero-order chi connectivity index (χ0) is 20.3. The van der Waals surface area contributed by atoms with Crippen molar-refractivity contribution in [1.82, 2.24) is 9.62 Å². The Morgan fingerprint density at radius 3 is 2.71 bits per heavy atom. The number of ether oxygens (including phenoxy) is 1. The molecule has 0 bridgehead atoms. The van der Waals surface area contributed by atoms with Gasteiger partial charge in [-0.15, -0.1) is 11.8 Å². The van der Waals surface area contributed by atoms with Gasteiger partial charge in [0.2, 0.25) is 21.8 Å². The number of nitrogens with zero attached hydrogens (tertiary/aromatic N) is 2. The minimum Gasteiger partial charge on any atom is -0.379 e. The molecule has 1 unspecified atom stereocenters. The third-order valence-electron chi connectivity index (χ3n) is 4.80. The second kappa shape index (κ2) is 8.81. The van der Waals surface area contributed by atoms with Gasteiger partial charge in [-0.2, -0.15) is 4.31 Å². The summed E-state index contributed by atoms with van der Waals surface area (Å²) in [7, 11) is -3.68. The molecule has 0 aromatic heterocycles. The molecule has 1 aromatic rings. The van der Waals surface area contributed by atoms with Gasteiger partial charge in [0.15, 0.2) is 0 Å². The van der Waals surface area contributed by atoms with Crippen LogP contribution >= 0.6 is 11.8 Å². The number of fused-ring (bicyclic) bond motifs is 1. The molecule has 1 saturated heterocycles. The second-order valence-electron chi connectivity index (χ2n) is 6.79. The first-order valence-corrected chi connectivity index (χ1v) is 11.7. The van der Waals surface area contributed by atoms with Crippen molar-refractivity contribution < 1.29 is 22.7 Å². The van der Waals surface area contributed by atoms with Crippen molar-refractivity contribution in [2.75, 3.05) is 43.5 Å². The monoisotopic (exact) mass is 427 g/mol. The van der Waals surface area contributed by atoms with Crippen molar-refractivity contribution in [2.24, 2.45) is 0 Å². The van der Waals surface area contributed by atoms with Crippen LogP contribution in [0.15, 0.2) is 28.0 Å². The van der Waals surface area contributed by atoms with Crippen LogP contribution in [-0.2, 0) is 24.3 Å². The molecule has 8 nitrogen and oxygen atoms in total. The number of rotatable bonds is 6. The summed E-state index contributed by atoms with van der Waals surface area (Å²) in [6.07, 6.45) is 0.786. The van der Waals surface area contributed by atoms with Gasteiger partial charge in [-0.05, 0) is 31.5 Å². The Balaban J connectivity index is 1.88. The minimum atomic E-state index is -3.68. The Kier molecular flexibility index (Phi) is 6.64. The molecule has 0 radical (unpaired) electrons. The van der Waals surface area contributed by atoms with E-state index in [0.29, 0.717) is 32.0 Å². The van der Waals surface area contributed by atoms with Crippen molar-refractivity contribution in [3.63, 3.8) is 0 Å². The minimum absolute atomic E-state index is 0.00858. The largest absolute Gasteiger partial charge is 0.379 e. The van der Waals surface area contributed by atoms with Gasteiger partial charge in [0.05, 0.1) is 29.5 Å². The van der Waals surface area contributed by atoms with Gasteiger partial charge in [-0.25, -0.2) is 8.42 Å². The van der Waals surface area contributed by atoms with Crippen LogP contribution in [0.3, 0.4) is 0 Å². The van der Waals surface area contributed by atoms with Gasteiger partial charge in [0.1, 0.15) is 6.54 Å². The molecule has 28 heavy (non-hydrogen) atoms. The molecule has 2 heterocycles. The van der Waals surface area contributed by atoms with Gasteiger partial charge in [-0.3, -0.25) is 9.59 Å². The molecule has 2 aliphatic rings. The fraction of sp³-hybridized carbons (Fsp3) is 0.556. The molecule has 2 amide bonds. The molecule has 1 fully saturated rings. The van der Waals surface area contributed by atoms with Crippen LogP contribution in [0.2, 0.25) is 0 Å². The van der Waals surface area contributed by atoms with Gasteiger partial charge < -0.3 is 15.0 Å². The van der Waals surface area contributed by atoms with E-state index >= 15 is 0 Å². The van der Waals surface area contributed by atoms with Crippen LogP contribution in [0.4, 0.5) is 5.69 Å². The Labute approximate surface area is 169 Å². The lowest BCUT2D eigenvalue weighted by Gasteiger charge is -2.30. The highest BCUT2D eigenvalue weighted by atomic mass is 32.2. The van der Waals surface area contributed by atoms with E-state index in [9.17, 15) is 18.0 Å². The number of hydrogen-bond acceptors (Lipinski definition) is 6. The van der Waals surface area contributed by atoms with E-state index in [1.807, 2.05) is 13.8 Å². The summed E-state index contributed by atoms with van der Waals surface area (Å²) < 4.78 is 32.5. The SMILES string of the molecule is CCC(C)NC(=O)CN1C(=O)CSc2ccc(S(=O)(=O)N3CCOCC3)cc21. The van der Waals surface area contributed by atoms with Crippen LogP contribution < -0.4 is 10.2 Å². The zero-order valence-electron chi connectivity index (χ0n) is 16.0. The number of morpholine rings is 1. The molecular formula is C18H25N3O5S2. The first-order chi connectivity index (χ1) is 13.3. The highest BCUT2D eigenvalue weighted by Gasteiger charge is 2.31. The Bertz CT molecular complexity index is 853. The molecule has 0 spiro atoms. The normalized spacial score (nSPS) is 19.2. The number of carbonyl (C=O) groups is 2. The summed E-state index contributed by atoms with van der Waals surface area (Å²) in [6.45, 7) is 5.05. The van der Waals surface area contributed by atoms with E-state index in [2.05, 4.69) is 5.32 Å². The van der Waals surface area contributed by atoms with Gasteiger partial charge in [-0.1, -0.05) is 6.92 Å². The molecule has 1 atom stereocenters. The Morgan fingerprint density at radius 1 is 1.32 bits per heavy atom. The third kappa shape index (κ3) is 4.51. The number of carbonyl (C=O) groups excluding carboxylic acids is 2. The standard InChI is InChI=1S/C18H25N3O5S2/c1-3-13(2)19-17(22)11-21-15-10-14(4-5-16(15)27-12-18(21)23)28(24,25)20-6-8-26-9-7-20/h4-5,10,13H,3,6-9,11-12H2,1-2H3,(H,19,22). The molecule has 10 heteroatoms. The predicted molar refractivity (Wildman–Crippen MR) is 107 cm³/mol. The quantitative estimate of drug-likeness (QED) is 0.729. The maximum Gasteiger partial charge on any atom is 0.243 e. The summed E-state index contributed by atoms with van der Waals surface area (Å²) in [4.78, 5) is 27.1. The van der Waals surface area contributed by atoms with Crippen molar-refractivity contribution in [3.05, 3.63) is 18.2 Å². The smallest absolute Gasteiger partial charge is 0.243 e. The average Bonchev–Trinajstić information content (AvgIpc) is 2.70. The van der Waals surface area contributed by atoms with E-state index in [-0.39, 0.29) is 35.0 Å². The summed E-state index contributed by atoms with van der Waals surface area (Å²) in [5, 5.41) is 2.84. The van der Waals surface area contributed by atoms with Gasteiger partial charge >= 0.3 is 0 Å². The fourth-order valence-corrected chi connectivity index (χ4v) is 5.36. The average molecular weight is 428 g/mol. The zero-order valence-corrected chi connectivity index (χ0v) is 17.6. The number of thioether (sulfide) groups is 1. The van der Waals surface area contributed by atoms with Gasteiger partial charge in [0, 0.05) is 24.0 Å². The number of benzene rings is 1.